The van der Waals surface area contributed by atoms with Crippen LogP contribution in [0.2, 0.25) is 0 Å². The van der Waals surface area contributed by atoms with Gasteiger partial charge in [-0.05, 0) is 82.4 Å². The zero-order chi connectivity index (χ0) is 43.3. The maximum Gasteiger partial charge on any atom is 0.159 e. The molecule has 1 spiro atoms. The number of para-hydroxylation sites is 3. The average Bonchev–Trinajstić information content (AvgIpc) is 4.11. The zero-order valence-corrected chi connectivity index (χ0v) is 35.8. The van der Waals surface area contributed by atoms with E-state index in [-0.39, 0.29) is 0 Å². The Morgan fingerprint density at radius 2 is 0.970 bits per heavy atom. The zero-order valence-electron chi connectivity index (χ0n) is 35.8. The Kier molecular flexibility index (Phi) is 7.87. The molecule has 2 aliphatic rings. The summed E-state index contributed by atoms with van der Waals surface area (Å²) in [6, 6.07) is 85.5. The highest BCUT2D eigenvalue weighted by molar-refractivity contribution is 6.11. The molecule has 3 heterocycles. The fourth-order valence-electron chi connectivity index (χ4n) is 11.3. The second-order valence-electron chi connectivity index (χ2n) is 17.4. The van der Waals surface area contributed by atoms with Crippen molar-refractivity contribution in [1.82, 2.24) is 9.55 Å². The quantitative estimate of drug-likeness (QED) is 0.167. The van der Waals surface area contributed by atoms with Crippen LogP contribution in [0.5, 0.6) is 0 Å². The number of aromatic nitrogens is 2. The van der Waals surface area contributed by atoms with Crippen LogP contribution < -0.4 is 4.90 Å². The predicted octanol–water partition coefficient (Wildman–Crippen LogP) is 16.1. The van der Waals surface area contributed by atoms with Crippen LogP contribution in [0.15, 0.2) is 241 Å². The molecule has 0 aliphatic heterocycles. The van der Waals surface area contributed by atoms with Crippen LogP contribution in [0.4, 0.5) is 17.1 Å². The van der Waals surface area contributed by atoms with Crippen LogP contribution in [0.25, 0.3) is 83.4 Å². The smallest absolute Gasteiger partial charge is 0.159 e. The molecule has 0 saturated carbocycles. The molecular weight excluding hydrogens is 803 g/mol. The molecule has 0 unspecified atom stereocenters. The number of hydrogen-bond donors (Lipinski definition) is 0. The third kappa shape index (κ3) is 5.12. The van der Waals surface area contributed by atoms with E-state index in [4.69, 9.17) is 9.40 Å². The first kappa shape index (κ1) is 36.7. The lowest BCUT2D eigenvalue weighted by atomic mass is 9.70. The number of benzene rings is 9. The van der Waals surface area contributed by atoms with E-state index < -0.39 is 5.41 Å². The fraction of sp³-hybridized carbons (Fsp3) is 0.0161. The van der Waals surface area contributed by atoms with Crippen LogP contribution in [0, 0.1) is 0 Å². The number of nitrogens with zero attached hydrogens (tertiary/aromatic N) is 3. The summed E-state index contributed by atoms with van der Waals surface area (Å²) in [5.41, 5.74) is 20.5. The van der Waals surface area contributed by atoms with E-state index in [1.54, 1.807) is 0 Å². The molecule has 4 heteroatoms. The highest BCUT2D eigenvalue weighted by Gasteiger charge is 2.54. The maximum atomic E-state index is 6.77. The predicted molar refractivity (Wildman–Crippen MR) is 270 cm³/mol. The maximum absolute atomic E-state index is 6.77. The van der Waals surface area contributed by atoms with E-state index >= 15 is 0 Å². The van der Waals surface area contributed by atoms with Crippen molar-refractivity contribution in [3.8, 4) is 50.6 Å². The summed E-state index contributed by atoms with van der Waals surface area (Å²) >= 11 is 0. The Morgan fingerprint density at radius 3 is 1.64 bits per heavy atom. The summed E-state index contributed by atoms with van der Waals surface area (Å²) in [6.45, 7) is 0. The minimum Gasteiger partial charge on any atom is -0.454 e. The van der Waals surface area contributed by atoms with Gasteiger partial charge < -0.3 is 13.9 Å². The van der Waals surface area contributed by atoms with Gasteiger partial charge >= 0.3 is 0 Å². The van der Waals surface area contributed by atoms with E-state index in [9.17, 15) is 0 Å². The molecule has 0 amide bonds. The van der Waals surface area contributed by atoms with Gasteiger partial charge in [0, 0.05) is 49.8 Å². The number of furan rings is 1. The van der Waals surface area contributed by atoms with Crippen LogP contribution in [0.1, 0.15) is 22.3 Å². The van der Waals surface area contributed by atoms with Crippen LogP contribution in [-0.2, 0) is 5.41 Å². The molecule has 2 aliphatic carbocycles. The number of pyridine rings is 1. The summed E-state index contributed by atoms with van der Waals surface area (Å²) in [7, 11) is 0. The summed E-state index contributed by atoms with van der Waals surface area (Å²) in [4.78, 5) is 7.72. The number of anilines is 3. The van der Waals surface area contributed by atoms with E-state index in [0.29, 0.717) is 0 Å². The molecule has 3 aromatic heterocycles. The molecular formula is C62H39N3O. The standard InChI is InChI=1S/C62H39N3O/c1-4-19-40(20-5-1)54-38-44(39-55(63-54)41-21-6-2-7-22-41)65-56-36-35-43(64(42-23-8-3-9-24-42)57-33-18-29-48-47-27-13-17-34-58(47)66-61(48)57)37-50(56)59-60(65)49-28-12-16-32-53(49)62(59)51-30-14-10-25-45(51)46-26-11-15-31-52(46)62/h1-39H. The van der Waals surface area contributed by atoms with Crippen molar-refractivity contribution in [2.75, 3.05) is 4.90 Å². The lowest BCUT2D eigenvalue weighted by molar-refractivity contribution is 0.669. The molecule has 4 nitrogen and oxygen atoms in total. The van der Waals surface area contributed by atoms with Gasteiger partial charge in [0.2, 0.25) is 0 Å². The first-order valence-electron chi connectivity index (χ1n) is 22.6. The van der Waals surface area contributed by atoms with Gasteiger partial charge in [-0.3, -0.25) is 0 Å². The Morgan fingerprint density at radius 1 is 0.424 bits per heavy atom. The lowest BCUT2D eigenvalue weighted by Crippen LogP contribution is -2.25. The van der Waals surface area contributed by atoms with Crippen molar-refractivity contribution in [2.45, 2.75) is 5.41 Å². The van der Waals surface area contributed by atoms with Gasteiger partial charge in [0.25, 0.3) is 0 Å². The van der Waals surface area contributed by atoms with Crippen molar-refractivity contribution in [3.05, 3.63) is 259 Å². The van der Waals surface area contributed by atoms with Crippen molar-refractivity contribution in [3.63, 3.8) is 0 Å². The summed E-state index contributed by atoms with van der Waals surface area (Å²) < 4.78 is 9.30. The SMILES string of the molecule is c1ccc(-c2cc(-n3c4c(c5cc(N(c6ccccc6)c6cccc7c6oc6ccccc67)ccc53)C3(c5ccccc5-c5ccccc53)c3ccccc3-4)cc(-c3ccccc3)n2)cc1. The van der Waals surface area contributed by atoms with Crippen molar-refractivity contribution in [1.29, 1.82) is 0 Å². The largest absolute Gasteiger partial charge is 0.454 e. The van der Waals surface area contributed by atoms with Gasteiger partial charge in [0.05, 0.1) is 39.4 Å². The topological polar surface area (TPSA) is 34.2 Å². The minimum atomic E-state index is -0.588. The van der Waals surface area contributed by atoms with Crippen molar-refractivity contribution in [2.24, 2.45) is 0 Å². The second-order valence-corrected chi connectivity index (χ2v) is 17.4. The number of hydrogen-bond acceptors (Lipinski definition) is 3. The third-order valence-electron chi connectivity index (χ3n) is 14.0. The Bertz CT molecular complexity index is 3780. The number of rotatable bonds is 6. The third-order valence-corrected chi connectivity index (χ3v) is 14.0. The first-order valence-corrected chi connectivity index (χ1v) is 22.6. The van der Waals surface area contributed by atoms with Gasteiger partial charge in [-0.2, -0.15) is 0 Å². The van der Waals surface area contributed by atoms with E-state index in [2.05, 4.69) is 240 Å². The molecule has 0 radical (unpaired) electrons. The molecule has 66 heavy (non-hydrogen) atoms. The summed E-state index contributed by atoms with van der Waals surface area (Å²) in [6.07, 6.45) is 0. The Balaban J connectivity index is 1.13. The van der Waals surface area contributed by atoms with Gasteiger partial charge in [0.1, 0.15) is 5.58 Å². The van der Waals surface area contributed by atoms with Crippen LogP contribution in [0.3, 0.4) is 0 Å². The molecule has 14 rings (SSSR count). The van der Waals surface area contributed by atoms with E-state index in [1.807, 2.05) is 6.07 Å². The average molecular weight is 842 g/mol. The van der Waals surface area contributed by atoms with Gasteiger partial charge in [-0.1, -0.05) is 182 Å². The van der Waals surface area contributed by atoms with Crippen LogP contribution >= 0.6 is 0 Å². The van der Waals surface area contributed by atoms with Gasteiger partial charge in [0.15, 0.2) is 5.58 Å². The molecule has 9 aromatic carbocycles. The first-order chi connectivity index (χ1) is 32.8. The van der Waals surface area contributed by atoms with Crippen molar-refractivity contribution < 1.29 is 4.42 Å². The minimum absolute atomic E-state index is 0.588. The van der Waals surface area contributed by atoms with Crippen LogP contribution in [-0.4, -0.2) is 9.55 Å². The molecule has 12 aromatic rings. The van der Waals surface area contributed by atoms with E-state index in [1.165, 1.54) is 50.0 Å². The van der Waals surface area contributed by atoms with Gasteiger partial charge in [-0.15, -0.1) is 0 Å². The molecule has 0 atom stereocenters. The summed E-state index contributed by atoms with van der Waals surface area (Å²) in [5, 5.41) is 3.38. The molecule has 0 fully saturated rings. The highest BCUT2D eigenvalue weighted by atomic mass is 16.3. The second kappa shape index (κ2) is 14.1. The molecule has 0 bridgehead atoms. The normalized spacial score (nSPS) is 13.0. The fourth-order valence-corrected chi connectivity index (χ4v) is 11.3. The number of fused-ring (bicyclic) bond motifs is 15. The lowest BCUT2D eigenvalue weighted by Gasteiger charge is -2.30. The monoisotopic (exact) mass is 841 g/mol. The van der Waals surface area contributed by atoms with E-state index in [0.717, 1.165) is 72.7 Å². The van der Waals surface area contributed by atoms with Crippen molar-refractivity contribution >= 4 is 49.9 Å². The summed E-state index contributed by atoms with van der Waals surface area (Å²) in [5.74, 6) is 0. The molecule has 0 N–H and O–H groups in total. The molecule has 0 saturated heterocycles. The molecule has 308 valence electrons. The van der Waals surface area contributed by atoms with Gasteiger partial charge in [-0.25, -0.2) is 4.98 Å². The highest BCUT2D eigenvalue weighted by Crippen LogP contribution is 2.65. The Hall–Kier alpha value is -8.73. The Labute approximate surface area is 381 Å².